The molecule has 0 bridgehead atoms. The van der Waals surface area contributed by atoms with Gasteiger partial charge in [-0.2, -0.15) is 0 Å². The second-order valence-corrected chi connectivity index (χ2v) is 9.89. The van der Waals surface area contributed by atoms with Crippen LogP contribution in [0.25, 0.3) is 0 Å². The summed E-state index contributed by atoms with van der Waals surface area (Å²) in [6.07, 6.45) is 6.40. The predicted octanol–water partition coefficient (Wildman–Crippen LogP) is 4.82. The van der Waals surface area contributed by atoms with E-state index in [-0.39, 0.29) is 24.0 Å². The van der Waals surface area contributed by atoms with E-state index < -0.39 is 0 Å². The standard InChI is InChI=1S/C28H34N2O5/c1-33-23-13-20(14-24(16-23)34-2)27(31)29-22-9-5-8-19(12-22)26-15-21-17-30(11-10-25(21)35-26)28(32)18-6-3-4-7-18/h5,8-9,12-14,16,18,21,25-26H,3-4,6-7,10-11,15,17H2,1-2H3,(H,29,31). The van der Waals surface area contributed by atoms with E-state index in [1.54, 1.807) is 32.4 Å². The van der Waals surface area contributed by atoms with Crippen molar-refractivity contribution in [2.75, 3.05) is 32.6 Å². The molecular weight excluding hydrogens is 444 g/mol. The van der Waals surface area contributed by atoms with Gasteiger partial charge in [0.15, 0.2) is 0 Å². The molecule has 186 valence electrons. The highest BCUT2D eigenvalue weighted by Gasteiger charge is 2.41. The maximum absolute atomic E-state index is 12.9. The molecule has 1 N–H and O–H groups in total. The third kappa shape index (κ3) is 5.15. The van der Waals surface area contributed by atoms with Gasteiger partial charge >= 0.3 is 0 Å². The fourth-order valence-corrected chi connectivity index (χ4v) is 5.76. The molecule has 3 unspecified atom stereocenters. The van der Waals surface area contributed by atoms with Crippen molar-refractivity contribution in [2.45, 2.75) is 50.7 Å². The normalized spacial score (nSPS) is 24.2. The number of piperidine rings is 1. The highest BCUT2D eigenvalue weighted by Crippen LogP contribution is 2.42. The lowest BCUT2D eigenvalue weighted by Crippen LogP contribution is -2.46. The highest BCUT2D eigenvalue weighted by atomic mass is 16.5. The van der Waals surface area contributed by atoms with Gasteiger partial charge in [-0.1, -0.05) is 25.0 Å². The van der Waals surface area contributed by atoms with Gasteiger partial charge in [0.2, 0.25) is 5.91 Å². The van der Waals surface area contributed by atoms with Crippen molar-refractivity contribution in [3.05, 3.63) is 53.6 Å². The molecule has 0 radical (unpaired) electrons. The average molecular weight is 479 g/mol. The Balaban J connectivity index is 1.23. The molecule has 2 aromatic rings. The lowest BCUT2D eigenvalue weighted by Gasteiger charge is -2.35. The molecule has 3 atom stereocenters. The number of fused-ring (bicyclic) bond motifs is 1. The van der Waals surface area contributed by atoms with Crippen LogP contribution < -0.4 is 14.8 Å². The number of rotatable bonds is 6. The van der Waals surface area contributed by atoms with E-state index in [1.165, 1.54) is 12.8 Å². The number of likely N-dealkylation sites (tertiary alicyclic amines) is 1. The second-order valence-electron chi connectivity index (χ2n) is 9.89. The van der Waals surface area contributed by atoms with Gasteiger partial charge in [-0.05, 0) is 55.5 Å². The molecular formula is C28H34N2O5. The molecule has 3 aliphatic rings. The number of carbonyl (C=O) groups is 2. The molecule has 3 fully saturated rings. The first-order chi connectivity index (χ1) is 17.0. The van der Waals surface area contributed by atoms with Crippen molar-refractivity contribution >= 4 is 17.5 Å². The molecule has 7 heteroatoms. The van der Waals surface area contributed by atoms with Crippen LogP contribution in [-0.2, 0) is 9.53 Å². The minimum Gasteiger partial charge on any atom is -0.497 e. The van der Waals surface area contributed by atoms with Crippen molar-refractivity contribution in [1.82, 2.24) is 4.90 Å². The van der Waals surface area contributed by atoms with Gasteiger partial charge < -0.3 is 24.4 Å². The van der Waals surface area contributed by atoms with Crippen LogP contribution in [-0.4, -0.2) is 50.1 Å². The molecule has 2 saturated heterocycles. The summed E-state index contributed by atoms with van der Waals surface area (Å²) in [5, 5.41) is 2.98. The van der Waals surface area contributed by atoms with Gasteiger partial charge in [-0.25, -0.2) is 0 Å². The summed E-state index contributed by atoms with van der Waals surface area (Å²) in [4.78, 5) is 27.9. The number of ether oxygens (including phenoxy) is 3. The van der Waals surface area contributed by atoms with E-state index in [0.29, 0.717) is 34.6 Å². The van der Waals surface area contributed by atoms with E-state index in [4.69, 9.17) is 14.2 Å². The molecule has 2 aromatic carbocycles. The van der Waals surface area contributed by atoms with Gasteiger partial charge in [0.25, 0.3) is 5.91 Å². The van der Waals surface area contributed by atoms with Crippen molar-refractivity contribution in [2.24, 2.45) is 11.8 Å². The van der Waals surface area contributed by atoms with Crippen molar-refractivity contribution < 1.29 is 23.8 Å². The Bertz CT molecular complexity index is 1060. The summed E-state index contributed by atoms with van der Waals surface area (Å²) in [6.45, 7) is 1.59. The number of carbonyl (C=O) groups excluding carboxylic acids is 2. The van der Waals surface area contributed by atoms with Crippen molar-refractivity contribution in [3.8, 4) is 11.5 Å². The van der Waals surface area contributed by atoms with E-state index in [9.17, 15) is 9.59 Å². The molecule has 2 aliphatic heterocycles. The zero-order valence-electron chi connectivity index (χ0n) is 20.5. The Kier molecular flexibility index (Phi) is 6.95. The van der Waals surface area contributed by atoms with Crippen LogP contribution in [0.5, 0.6) is 11.5 Å². The Morgan fingerprint density at radius 3 is 2.46 bits per heavy atom. The topological polar surface area (TPSA) is 77.1 Å². The summed E-state index contributed by atoms with van der Waals surface area (Å²) in [5.74, 6) is 1.83. The maximum Gasteiger partial charge on any atom is 0.255 e. The van der Waals surface area contributed by atoms with Crippen molar-refractivity contribution in [3.63, 3.8) is 0 Å². The summed E-state index contributed by atoms with van der Waals surface area (Å²) < 4.78 is 17.0. The van der Waals surface area contributed by atoms with Crippen molar-refractivity contribution in [1.29, 1.82) is 0 Å². The second kappa shape index (κ2) is 10.3. The minimum atomic E-state index is -0.235. The number of nitrogens with zero attached hydrogens (tertiary/aromatic N) is 1. The zero-order chi connectivity index (χ0) is 24.4. The van der Waals surface area contributed by atoms with Crippen LogP contribution in [0.1, 0.15) is 60.6 Å². The quantitative estimate of drug-likeness (QED) is 0.644. The number of methoxy groups -OCH3 is 2. The summed E-state index contributed by atoms with van der Waals surface area (Å²) in [6, 6.07) is 13.0. The van der Waals surface area contributed by atoms with E-state index in [2.05, 4.69) is 10.2 Å². The summed E-state index contributed by atoms with van der Waals surface area (Å²) in [7, 11) is 3.12. The average Bonchev–Trinajstić information content (AvgIpc) is 3.58. The van der Waals surface area contributed by atoms with Crippen LogP contribution in [0, 0.1) is 11.8 Å². The number of nitrogens with one attached hydrogen (secondary N) is 1. The van der Waals surface area contributed by atoms with Crippen LogP contribution in [0.15, 0.2) is 42.5 Å². The lowest BCUT2D eigenvalue weighted by atomic mass is 9.90. The number of anilines is 1. The molecule has 0 aromatic heterocycles. The number of benzene rings is 2. The first-order valence-corrected chi connectivity index (χ1v) is 12.6. The SMILES string of the molecule is COc1cc(OC)cc(C(=O)Nc2cccc(C3CC4CN(C(=O)C5CCCC5)CCC4O3)c2)c1. The molecule has 1 aliphatic carbocycles. The largest absolute Gasteiger partial charge is 0.497 e. The fraction of sp³-hybridized carbons (Fsp3) is 0.500. The minimum absolute atomic E-state index is 0.0275. The van der Waals surface area contributed by atoms with Crippen LogP contribution >= 0.6 is 0 Å². The third-order valence-electron chi connectivity index (χ3n) is 7.67. The molecule has 2 heterocycles. The number of amides is 2. The van der Waals surface area contributed by atoms with Gasteiger partial charge in [-0.3, -0.25) is 9.59 Å². The van der Waals surface area contributed by atoms with Gasteiger partial charge in [0.05, 0.1) is 26.4 Å². The van der Waals surface area contributed by atoms with Gasteiger partial charge in [0, 0.05) is 42.2 Å². The number of hydrogen-bond donors (Lipinski definition) is 1. The van der Waals surface area contributed by atoms with Crippen LogP contribution in [0.2, 0.25) is 0 Å². The zero-order valence-corrected chi connectivity index (χ0v) is 20.5. The summed E-state index contributed by atoms with van der Waals surface area (Å²) in [5.41, 5.74) is 2.22. The molecule has 5 rings (SSSR count). The Hall–Kier alpha value is -3.06. The molecule has 35 heavy (non-hydrogen) atoms. The Labute approximate surface area is 206 Å². The first kappa shape index (κ1) is 23.7. The van der Waals surface area contributed by atoms with Gasteiger partial charge in [0.1, 0.15) is 11.5 Å². The Morgan fingerprint density at radius 1 is 1.00 bits per heavy atom. The monoisotopic (exact) mass is 478 g/mol. The summed E-state index contributed by atoms with van der Waals surface area (Å²) >= 11 is 0. The first-order valence-electron chi connectivity index (χ1n) is 12.6. The van der Waals surface area contributed by atoms with Gasteiger partial charge in [-0.15, -0.1) is 0 Å². The predicted molar refractivity (Wildman–Crippen MR) is 133 cm³/mol. The molecule has 0 spiro atoms. The van der Waals surface area contributed by atoms with E-state index >= 15 is 0 Å². The lowest BCUT2D eigenvalue weighted by molar-refractivity contribution is -0.138. The Morgan fingerprint density at radius 2 is 1.74 bits per heavy atom. The molecule has 7 nitrogen and oxygen atoms in total. The van der Waals surface area contributed by atoms with E-state index in [0.717, 1.165) is 44.3 Å². The third-order valence-corrected chi connectivity index (χ3v) is 7.67. The molecule has 1 saturated carbocycles. The smallest absolute Gasteiger partial charge is 0.255 e. The fourth-order valence-electron chi connectivity index (χ4n) is 5.76. The van der Waals surface area contributed by atoms with Crippen LogP contribution in [0.4, 0.5) is 5.69 Å². The number of hydrogen-bond acceptors (Lipinski definition) is 5. The maximum atomic E-state index is 12.9. The van der Waals surface area contributed by atoms with Crippen LogP contribution in [0.3, 0.4) is 0 Å². The molecule has 2 amide bonds. The van der Waals surface area contributed by atoms with E-state index in [1.807, 2.05) is 24.3 Å². The highest BCUT2D eigenvalue weighted by molar-refractivity contribution is 6.04.